The predicted octanol–water partition coefficient (Wildman–Crippen LogP) is 1.74. The molecule has 0 radical (unpaired) electrons. The smallest absolute Gasteiger partial charge is 0.313 e. The molecule has 0 unspecified atom stereocenters. The first kappa shape index (κ1) is 7.58. The van der Waals surface area contributed by atoms with E-state index in [9.17, 15) is 4.79 Å². The van der Waals surface area contributed by atoms with Gasteiger partial charge in [-0.15, -0.1) is 0 Å². The molecule has 58 valence electrons. The summed E-state index contributed by atoms with van der Waals surface area (Å²) in [6.45, 7) is 4.15. The molecule has 1 saturated heterocycles. The minimum absolute atomic E-state index is 0.00806. The van der Waals surface area contributed by atoms with E-state index in [-0.39, 0.29) is 18.0 Å². The Bertz CT molecular complexity index is 131. The van der Waals surface area contributed by atoms with Gasteiger partial charge in [-0.1, -0.05) is 20.3 Å². The van der Waals surface area contributed by atoms with Crippen molar-refractivity contribution < 1.29 is 9.53 Å². The second-order valence-electron chi connectivity index (χ2n) is 2.78. The van der Waals surface area contributed by atoms with Gasteiger partial charge in [0.1, 0.15) is 6.10 Å². The van der Waals surface area contributed by atoms with E-state index in [0.29, 0.717) is 0 Å². The van der Waals surface area contributed by atoms with Gasteiger partial charge in [0.05, 0.1) is 5.92 Å². The van der Waals surface area contributed by atoms with Crippen molar-refractivity contribution >= 4 is 5.97 Å². The zero-order valence-electron chi connectivity index (χ0n) is 6.59. The van der Waals surface area contributed by atoms with Gasteiger partial charge < -0.3 is 4.74 Å². The number of cyclic esters (lactones) is 1. The van der Waals surface area contributed by atoms with Crippen molar-refractivity contribution in [2.24, 2.45) is 5.92 Å². The third kappa shape index (κ3) is 1.15. The zero-order valence-corrected chi connectivity index (χ0v) is 6.59. The summed E-state index contributed by atoms with van der Waals surface area (Å²) in [4.78, 5) is 10.8. The molecule has 0 aromatic carbocycles. The lowest BCUT2D eigenvalue weighted by Gasteiger charge is -2.34. The third-order valence-electron chi connectivity index (χ3n) is 2.02. The van der Waals surface area contributed by atoms with E-state index in [1.807, 2.05) is 0 Å². The molecule has 1 fully saturated rings. The van der Waals surface area contributed by atoms with Gasteiger partial charge in [-0.3, -0.25) is 4.79 Å². The van der Waals surface area contributed by atoms with Crippen LogP contribution < -0.4 is 0 Å². The Morgan fingerprint density at radius 3 is 2.60 bits per heavy atom. The lowest BCUT2D eigenvalue weighted by Crippen LogP contribution is -2.44. The van der Waals surface area contributed by atoms with Gasteiger partial charge in [0.25, 0.3) is 0 Å². The lowest BCUT2D eigenvalue weighted by molar-refractivity contribution is -0.185. The van der Waals surface area contributed by atoms with Crippen LogP contribution in [0.15, 0.2) is 0 Å². The fraction of sp³-hybridized carbons (Fsp3) is 0.875. The molecule has 0 aromatic rings. The normalized spacial score (nSPS) is 31.2. The Morgan fingerprint density at radius 1 is 1.50 bits per heavy atom. The monoisotopic (exact) mass is 142 g/mol. The van der Waals surface area contributed by atoms with Crippen LogP contribution in [0.25, 0.3) is 0 Å². The summed E-state index contributed by atoms with van der Waals surface area (Å²) in [6, 6.07) is 0. The van der Waals surface area contributed by atoms with Gasteiger partial charge >= 0.3 is 5.97 Å². The fourth-order valence-corrected chi connectivity index (χ4v) is 1.38. The number of ether oxygens (including phenoxy) is 1. The minimum Gasteiger partial charge on any atom is -0.461 e. The summed E-state index contributed by atoms with van der Waals surface area (Å²) in [5.41, 5.74) is 0. The van der Waals surface area contributed by atoms with Crippen LogP contribution in [-0.2, 0) is 9.53 Å². The standard InChI is InChI=1S/C8H14O2/c1-3-5-6-7(4-2)10-8(6)9/h6-7H,3-5H2,1-2H3/t6-,7-/m0/s1. The molecule has 1 heterocycles. The first-order valence-corrected chi connectivity index (χ1v) is 4.00. The van der Waals surface area contributed by atoms with E-state index < -0.39 is 0 Å². The van der Waals surface area contributed by atoms with Crippen LogP contribution in [0.5, 0.6) is 0 Å². The molecular formula is C8H14O2. The van der Waals surface area contributed by atoms with E-state index >= 15 is 0 Å². The van der Waals surface area contributed by atoms with Gasteiger partial charge in [-0.2, -0.15) is 0 Å². The SMILES string of the molecule is CCC[C@@H]1C(=O)O[C@H]1CC. The first-order chi connectivity index (χ1) is 4.79. The van der Waals surface area contributed by atoms with Crippen molar-refractivity contribution in [1.82, 2.24) is 0 Å². The zero-order chi connectivity index (χ0) is 7.56. The van der Waals surface area contributed by atoms with Crippen LogP contribution in [-0.4, -0.2) is 12.1 Å². The Kier molecular flexibility index (Phi) is 2.30. The number of carbonyl (C=O) groups excluding carboxylic acids is 1. The van der Waals surface area contributed by atoms with Gasteiger partial charge in [0.2, 0.25) is 0 Å². The van der Waals surface area contributed by atoms with Crippen LogP contribution in [0.1, 0.15) is 33.1 Å². The van der Waals surface area contributed by atoms with Crippen molar-refractivity contribution in [3.8, 4) is 0 Å². The highest BCUT2D eigenvalue weighted by molar-refractivity contribution is 5.78. The number of rotatable bonds is 3. The van der Waals surface area contributed by atoms with Crippen LogP contribution in [0.2, 0.25) is 0 Å². The highest BCUT2D eigenvalue weighted by Crippen LogP contribution is 2.28. The quantitative estimate of drug-likeness (QED) is 0.561. The van der Waals surface area contributed by atoms with E-state index in [1.165, 1.54) is 0 Å². The maximum absolute atomic E-state index is 10.8. The van der Waals surface area contributed by atoms with E-state index in [2.05, 4.69) is 13.8 Å². The molecule has 2 nitrogen and oxygen atoms in total. The van der Waals surface area contributed by atoms with Crippen molar-refractivity contribution in [3.05, 3.63) is 0 Å². The fourth-order valence-electron chi connectivity index (χ4n) is 1.38. The maximum atomic E-state index is 10.8. The Hall–Kier alpha value is -0.530. The van der Waals surface area contributed by atoms with Gasteiger partial charge in [0.15, 0.2) is 0 Å². The van der Waals surface area contributed by atoms with Crippen LogP contribution in [0.4, 0.5) is 0 Å². The molecule has 2 atom stereocenters. The third-order valence-corrected chi connectivity index (χ3v) is 2.02. The summed E-state index contributed by atoms with van der Waals surface area (Å²) in [7, 11) is 0. The molecule has 0 spiro atoms. The molecule has 2 heteroatoms. The Morgan fingerprint density at radius 2 is 2.20 bits per heavy atom. The maximum Gasteiger partial charge on any atom is 0.313 e. The van der Waals surface area contributed by atoms with E-state index in [1.54, 1.807) is 0 Å². The molecule has 0 aromatic heterocycles. The summed E-state index contributed by atoms with van der Waals surface area (Å²) < 4.78 is 4.91. The second kappa shape index (κ2) is 3.04. The molecule has 1 aliphatic heterocycles. The molecule has 10 heavy (non-hydrogen) atoms. The predicted molar refractivity (Wildman–Crippen MR) is 38.6 cm³/mol. The molecule has 1 rings (SSSR count). The van der Waals surface area contributed by atoms with Crippen LogP contribution in [0.3, 0.4) is 0 Å². The molecule has 0 saturated carbocycles. The largest absolute Gasteiger partial charge is 0.461 e. The highest BCUT2D eigenvalue weighted by Gasteiger charge is 2.39. The van der Waals surface area contributed by atoms with E-state index in [0.717, 1.165) is 19.3 Å². The molecule has 0 bridgehead atoms. The summed E-state index contributed by atoms with van der Waals surface area (Å²) >= 11 is 0. The Balaban J connectivity index is 2.32. The number of carbonyl (C=O) groups is 1. The number of hydrogen-bond donors (Lipinski definition) is 0. The Labute approximate surface area is 61.6 Å². The van der Waals surface area contributed by atoms with Gasteiger partial charge in [-0.25, -0.2) is 0 Å². The number of hydrogen-bond acceptors (Lipinski definition) is 2. The summed E-state index contributed by atoms with van der Waals surface area (Å²) in [5.74, 6) is 0.226. The van der Waals surface area contributed by atoms with Crippen LogP contribution in [0, 0.1) is 5.92 Å². The minimum atomic E-state index is 0.00806. The topological polar surface area (TPSA) is 26.3 Å². The van der Waals surface area contributed by atoms with E-state index in [4.69, 9.17) is 4.74 Å². The van der Waals surface area contributed by atoms with Crippen molar-refractivity contribution in [3.63, 3.8) is 0 Å². The summed E-state index contributed by atoms with van der Waals surface area (Å²) in [6.07, 6.45) is 3.27. The van der Waals surface area contributed by atoms with Crippen LogP contribution >= 0.6 is 0 Å². The average molecular weight is 142 g/mol. The highest BCUT2D eigenvalue weighted by atomic mass is 16.6. The average Bonchev–Trinajstić information content (AvgIpc) is 1.95. The molecule has 0 amide bonds. The molecule has 0 aliphatic carbocycles. The van der Waals surface area contributed by atoms with Gasteiger partial charge in [0, 0.05) is 0 Å². The van der Waals surface area contributed by atoms with Gasteiger partial charge in [-0.05, 0) is 12.8 Å². The number of esters is 1. The molecule has 0 N–H and O–H groups in total. The van der Waals surface area contributed by atoms with Crippen molar-refractivity contribution in [2.45, 2.75) is 39.2 Å². The summed E-state index contributed by atoms with van der Waals surface area (Å²) in [5, 5.41) is 0. The second-order valence-corrected chi connectivity index (χ2v) is 2.78. The van der Waals surface area contributed by atoms with Crippen molar-refractivity contribution in [2.75, 3.05) is 0 Å². The lowest BCUT2D eigenvalue weighted by atomic mass is 9.91. The molecular weight excluding hydrogens is 128 g/mol. The van der Waals surface area contributed by atoms with Crippen molar-refractivity contribution in [1.29, 1.82) is 0 Å². The molecule has 1 aliphatic rings. The first-order valence-electron chi connectivity index (χ1n) is 4.00.